The van der Waals surface area contributed by atoms with Crippen LogP contribution in [0, 0.1) is 5.92 Å². The standard InChI is InChI=1S/C10H17N3O2/c1-14-6-8(11)10-12-9(15-13-10)5-7-3-2-4-7/h7-8H,2-6,11H2,1H3. The topological polar surface area (TPSA) is 74.2 Å². The van der Waals surface area contributed by atoms with E-state index < -0.39 is 0 Å². The van der Waals surface area contributed by atoms with Gasteiger partial charge in [-0.25, -0.2) is 0 Å². The average Bonchev–Trinajstić information content (AvgIpc) is 2.60. The highest BCUT2D eigenvalue weighted by atomic mass is 16.5. The van der Waals surface area contributed by atoms with Crippen LogP contribution in [0.25, 0.3) is 0 Å². The molecule has 1 aromatic heterocycles. The van der Waals surface area contributed by atoms with Crippen molar-refractivity contribution in [2.75, 3.05) is 13.7 Å². The van der Waals surface area contributed by atoms with Crippen LogP contribution in [-0.4, -0.2) is 23.9 Å². The summed E-state index contributed by atoms with van der Waals surface area (Å²) in [6.45, 7) is 0.419. The van der Waals surface area contributed by atoms with Crippen LogP contribution in [0.2, 0.25) is 0 Å². The van der Waals surface area contributed by atoms with E-state index in [4.69, 9.17) is 15.0 Å². The van der Waals surface area contributed by atoms with Crippen molar-refractivity contribution >= 4 is 0 Å². The predicted molar refractivity (Wildman–Crippen MR) is 54.1 cm³/mol. The van der Waals surface area contributed by atoms with Gasteiger partial charge in [-0.2, -0.15) is 4.98 Å². The van der Waals surface area contributed by atoms with Gasteiger partial charge in [0.05, 0.1) is 12.6 Å². The SMILES string of the molecule is COCC(N)c1noc(CC2CCC2)n1. The van der Waals surface area contributed by atoms with E-state index in [0.29, 0.717) is 18.3 Å². The van der Waals surface area contributed by atoms with Crippen molar-refractivity contribution < 1.29 is 9.26 Å². The first-order valence-electron chi connectivity index (χ1n) is 5.36. The highest BCUT2D eigenvalue weighted by Gasteiger charge is 2.21. The monoisotopic (exact) mass is 211 g/mol. The van der Waals surface area contributed by atoms with Crippen molar-refractivity contribution in [2.45, 2.75) is 31.7 Å². The van der Waals surface area contributed by atoms with E-state index in [1.807, 2.05) is 0 Å². The Morgan fingerprint density at radius 2 is 2.40 bits per heavy atom. The summed E-state index contributed by atoms with van der Waals surface area (Å²) in [6, 6.07) is -0.283. The van der Waals surface area contributed by atoms with Crippen LogP contribution in [0.5, 0.6) is 0 Å². The maximum Gasteiger partial charge on any atom is 0.226 e. The van der Waals surface area contributed by atoms with Gasteiger partial charge in [0, 0.05) is 13.5 Å². The molecule has 0 radical (unpaired) electrons. The lowest BCUT2D eigenvalue weighted by Crippen LogP contribution is -2.18. The molecule has 2 N–H and O–H groups in total. The second kappa shape index (κ2) is 4.72. The van der Waals surface area contributed by atoms with E-state index in [1.54, 1.807) is 7.11 Å². The lowest BCUT2D eigenvalue weighted by atomic mass is 9.83. The summed E-state index contributed by atoms with van der Waals surface area (Å²) in [6.07, 6.45) is 4.78. The lowest BCUT2D eigenvalue weighted by molar-refractivity contribution is 0.177. The van der Waals surface area contributed by atoms with Gasteiger partial charge in [-0.05, 0) is 18.8 Å². The van der Waals surface area contributed by atoms with Gasteiger partial charge in [0.25, 0.3) is 0 Å². The number of rotatable bonds is 5. The molecule has 5 nitrogen and oxygen atoms in total. The molecular weight excluding hydrogens is 194 g/mol. The molecule has 84 valence electrons. The Balaban J connectivity index is 1.90. The zero-order chi connectivity index (χ0) is 10.7. The van der Waals surface area contributed by atoms with Crippen molar-refractivity contribution in [3.8, 4) is 0 Å². The molecule has 0 bridgehead atoms. The molecule has 1 saturated carbocycles. The third-order valence-corrected chi connectivity index (χ3v) is 2.85. The summed E-state index contributed by atoms with van der Waals surface area (Å²) in [5.41, 5.74) is 5.79. The van der Waals surface area contributed by atoms with Crippen LogP contribution >= 0.6 is 0 Å². The summed E-state index contributed by atoms with van der Waals surface area (Å²) in [4.78, 5) is 4.27. The van der Waals surface area contributed by atoms with Crippen molar-refractivity contribution in [1.29, 1.82) is 0 Å². The zero-order valence-electron chi connectivity index (χ0n) is 8.98. The molecule has 15 heavy (non-hydrogen) atoms. The zero-order valence-corrected chi connectivity index (χ0v) is 8.98. The van der Waals surface area contributed by atoms with E-state index in [-0.39, 0.29) is 6.04 Å². The Morgan fingerprint density at radius 3 is 3.00 bits per heavy atom. The minimum atomic E-state index is -0.283. The van der Waals surface area contributed by atoms with Gasteiger partial charge in [-0.15, -0.1) is 0 Å². The highest BCUT2D eigenvalue weighted by molar-refractivity contribution is 4.94. The summed E-state index contributed by atoms with van der Waals surface area (Å²) in [5.74, 6) is 1.99. The number of aromatic nitrogens is 2. The molecular formula is C10H17N3O2. The van der Waals surface area contributed by atoms with Crippen LogP contribution in [0.1, 0.15) is 37.0 Å². The van der Waals surface area contributed by atoms with Gasteiger partial charge in [-0.3, -0.25) is 0 Å². The fraction of sp³-hybridized carbons (Fsp3) is 0.800. The smallest absolute Gasteiger partial charge is 0.226 e. The molecule has 1 unspecified atom stereocenters. The number of nitrogens with two attached hydrogens (primary N) is 1. The first-order chi connectivity index (χ1) is 7.29. The molecule has 1 heterocycles. The first-order valence-corrected chi connectivity index (χ1v) is 5.36. The molecule has 0 amide bonds. The molecule has 1 aliphatic rings. The maximum atomic E-state index is 5.79. The second-order valence-electron chi connectivity index (χ2n) is 4.11. The first kappa shape index (κ1) is 10.6. The van der Waals surface area contributed by atoms with Gasteiger partial charge in [-0.1, -0.05) is 11.6 Å². The van der Waals surface area contributed by atoms with E-state index in [0.717, 1.165) is 12.3 Å². The van der Waals surface area contributed by atoms with Gasteiger partial charge in [0.15, 0.2) is 5.82 Å². The minimum absolute atomic E-state index is 0.283. The fourth-order valence-electron chi connectivity index (χ4n) is 1.70. The summed E-state index contributed by atoms with van der Waals surface area (Å²) in [5, 5.41) is 3.86. The van der Waals surface area contributed by atoms with Crippen molar-refractivity contribution in [3.05, 3.63) is 11.7 Å². The maximum absolute atomic E-state index is 5.79. The third-order valence-electron chi connectivity index (χ3n) is 2.85. The van der Waals surface area contributed by atoms with E-state index in [9.17, 15) is 0 Å². The third kappa shape index (κ3) is 2.54. The van der Waals surface area contributed by atoms with Crippen molar-refractivity contribution in [3.63, 3.8) is 0 Å². The lowest BCUT2D eigenvalue weighted by Gasteiger charge is -2.23. The largest absolute Gasteiger partial charge is 0.383 e. The fourth-order valence-corrected chi connectivity index (χ4v) is 1.70. The minimum Gasteiger partial charge on any atom is -0.383 e. The molecule has 0 spiro atoms. The van der Waals surface area contributed by atoms with Crippen LogP contribution in [0.4, 0.5) is 0 Å². The Kier molecular flexibility index (Phi) is 3.33. The molecule has 5 heteroatoms. The Bertz CT molecular complexity index is 309. The Morgan fingerprint density at radius 1 is 1.60 bits per heavy atom. The molecule has 1 fully saturated rings. The highest BCUT2D eigenvalue weighted by Crippen LogP contribution is 2.29. The van der Waals surface area contributed by atoms with Crippen LogP contribution in [0.3, 0.4) is 0 Å². The number of nitrogens with zero attached hydrogens (tertiary/aromatic N) is 2. The summed E-state index contributed by atoms with van der Waals surface area (Å²) >= 11 is 0. The quantitative estimate of drug-likeness (QED) is 0.788. The molecule has 1 aliphatic carbocycles. The number of hydrogen-bond acceptors (Lipinski definition) is 5. The summed E-state index contributed by atoms with van der Waals surface area (Å²) in [7, 11) is 1.61. The number of methoxy groups -OCH3 is 1. The van der Waals surface area contributed by atoms with E-state index in [1.165, 1.54) is 19.3 Å². The number of ether oxygens (including phenoxy) is 1. The van der Waals surface area contributed by atoms with Crippen LogP contribution in [-0.2, 0) is 11.2 Å². The van der Waals surface area contributed by atoms with Gasteiger partial charge in [0.2, 0.25) is 5.89 Å². The van der Waals surface area contributed by atoms with Gasteiger partial charge in [0.1, 0.15) is 0 Å². The molecule has 1 atom stereocenters. The second-order valence-corrected chi connectivity index (χ2v) is 4.11. The van der Waals surface area contributed by atoms with E-state index >= 15 is 0 Å². The van der Waals surface area contributed by atoms with Crippen molar-refractivity contribution in [2.24, 2.45) is 11.7 Å². The average molecular weight is 211 g/mol. The van der Waals surface area contributed by atoms with Crippen LogP contribution < -0.4 is 5.73 Å². The van der Waals surface area contributed by atoms with Crippen LogP contribution in [0.15, 0.2) is 4.52 Å². The molecule has 0 aliphatic heterocycles. The Labute approximate surface area is 89.0 Å². The van der Waals surface area contributed by atoms with Crippen molar-refractivity contribution in [1.82, 2.24) is 10.1 Å². The van der Waals surface area contributed by atoms with Gasteiger partial charge < -0.3 is 15.0 Å². The normalized spacial score (nSPS) is 18.8. The molecule has 2 rings (SSSR count). The van der Waals surface area contributed by atoms with E-state index in [2.05, 4.69) is 10.1 Å². The Hall–Kier alpha value is -0.940. The predicted octanol–water partition coefficient (Wildman–Crippen LogP) is 1.06. The molecule has 0 aromatic carbocycles. The summed E-state index contributed by atoms with van der Waals surface area (Å²) < 4.78 is 10.1. The molecule has 1 aromatic rings. The van der Waals surface area contributed by atoms with Gasteiger partial charge >= 0.3 is 0 Å². The molecule has 0 saturated heterocycles. The number of hydrogen-bond donors (Lipinski definition) is 1.